The van der Waals surface area contributed by atoms with E-state index in [4.69, 9.17) is 11.6 Å². The van der Waals surface area contributed by atoms with E-state index in [9.17, 15) is 4.79 Å². The number of rotatable bonds is 1. The molecule has 0 radical (unpaired) electrons. The van der Waals surface area contributed by atoms with Gasteiger partial charge in [0, 0.05) is 16.2 Å². The normalized spacial score (nSPS) is 10.4. The molecule has 82 valence electrons. The molecule has 0 saturated carbocycles. The molecule has 0 saturated heterocycles. The van der Waals surface area contributed by atoms with Crippen LogP contribution in [-0.2, 0) is 0 Å². The van der Waals surface area contributed by atoms with E-state index in [1.807, 2.05) is 28.7 Å². The average Bonchev–Trinajstić information content (AvgIpc) is 2.22. The van der Waals surface area contributed by atoms with Crippen LogP contribution in [0.15, 0.2) is 33.7 Å². The molecule has 0 unspecified atom stereocenters. The number of H-pyrrole nitrogens is 1. The third kappa shape index (κ3) is 2.46. The maximum atomic E-state index is 11.4. The van der Waals surface area contributed by atoms with Crippen LogP contribution in [0.5, 0.6) is 0 Å². The van der Waals surface area contributed by atoms with Crippen molar-refractivity contribution in [3.8, 4) is 11.4 Å². The van der Waals surface area contributed by atoms with Crippen LogP contribution in [-0.4, -0.2) is 9.97 Å². The summed E-state index contributed by atoms with van der Waals surface area (Å²) in [6, 6.07) is 5.41. The zero-order valence-electron chi connectivity index (χ0n) is 7.80. The molecule has 16 heavy (non-hydrogen) atoms. The maximum absolute atomic E-state index is 11.4. The molecule has 1 aromatic heterocycles. The van der Waals surface area contributed by atoms with Crippen LogP contribution in [0.3, 0.4) is 0 Å². The Balaban J connectivity index is 2.59. The fourth-order valence-electron chi connectivity index (χ4n) is 1.20. The summed E-state index contributed by atoms with van der Waals surface area (Å²) in [4.78, 5) is 18.3. The van der Waals surface area contributed by atoms with Crippen molar-refractivity contribution in [2.75, 3.05) is 0 Å². The Morgan fingerprint density at radius 1 is 1.44 bits per heavy atom. The number of hydrogen-bond donors (Lipinski definition) is 1. The first-order valence-corrected chi connectivity index (χ1v) is 6.53. The van der Waals surface area contributed by atoms with Crippen molar-refractivity contribution in [1.29, 1.82) is 0 Å². The Kier molecular flexibility index (Phi) is 3.66. The molecular formula is C10H5BrClIN2O. The zero-order valence-corrected chi connectivity index (χ0v) is 12.3. The molecule has 0 amide bonds. The molecule has 0 fully saturated rings. The molecule has 1 N–H and O–H groups in total. The van der Waals surface area contributed by atoms with Gasteiger partial charge in [0.25, 0.3) is 5.56 Å². The highest BCUT2D eigenvalue weighted by Crippen LogP contribution is 2.27. The number of benzene rings is 1. The third-order valence-corrected chi connectivity index (χ3v) is 3.52. The molecule has 1 aromatic carbocycles. The van der Waals surface area contributed by atoms with Crippen molar-refractivity contribution < 1.29 is 0 Å². The van der Waals surface area contributed by atoms with Gasteiger partial charge in [-0.1, -0.05) is 27.5 Å². The summed E-state index contributed by atoms with van der Waals surface area (Å²) < 4.78 is 1.43. The molecule has 0 bridgehead atoms. The minimum atomic E-state index is -0.162. The molecule has 0 aliphatic carbocycles. The molecule has 3 nitrogen and oxygen atoms in total. The zero-order chi connectivity index (χ0) is 11.7. The molecule has 0 aliphatic rings. The van der Waals surface area contributed by atoms with E-state index in [1.54, 1.807) is 12.1 Å². The van der Waals surface area contributed by atoms with Crippen molar-refractivity contribution >= 4 is 50.1 Å². The van der Waals surface area contributed by atoms with Crippen LogP contribution in [0.25, 0.3) is 11.4 Å². The number of aromatic nitrogens is 2. The molecule has 0 aliphatic heterocycles. The first kappa shape index (κ1) is 12.1. The van der Waals surface area contributed by atoms with Crippen LogP contribution in [0.1, 0.15) is 0 Å². The monoisotopic (exact) mass is 410 g/mol. The molecule has 2 rings (SSSR count). The lowest BCUT2D eigenvalue weighted by atomic mass is 10.2. The van der Waals surface area contributed by atoms with E-state index < -0.39 is 0 Å². The fourth-order valence-corrected chi connectivity index (χ4v) is 2.23. The van der Waals surface area contributed by atoms with Crippen molar-refractivity contribution in [1.82, 2.24) is 9.97 Å². The number of halogens is 3. The van der Waals surface area contributed by atoms with E-state index in [1.165, 1.54) is 6.20 Å². The van der Waals surface area contributed by atoms with E-state index in [0.717, 1.165) is 4.47 Å². The quantitative estimate of drug-likeness (QED) is 0.731. The highest BCUT2D eigenvalue weighted by atomic mass is 127. The summed E-state index contributed by atoms with van der Waals surface area (Å²) in [6.45, 7) is 0. The summed E-state index contributed by atoms with van der Waals surface area (Å²) in [6.07, 6.45) is 1.52. The number of nitrogens with zero attached hydrogens (tertiary/aromatic N) is 1. The predicted octanol–water partition coefficient (Wildman–Crippen LogP) is 3.46. The predicted molar refractivity (Wildman–Crippen MR) is 75.7 cm³/mol. The largest absolute Gasteiger partial charge is 0.306 e. The number of nitrogens with one attached hydrogen (secondary N) is 1. The molecule has 2 aromatic rings. The third-order valence-electron chi connectivity index (χ3n) is 1.94. The van der Waals surface area contributed by atoms with Gasteiger partial charge in [-0.25, -0.2) is 4.98 Å². The second kappa shape index (κ2) is 4.85. The lowest BCUT2D eigenvalue weighted by Gasteiger charge is -2.03. The number of aromatic amines is 1. The van der Waals surface area contributed by atoms with Crippen LogP contribution >= 0.6 is 50.1 Å². The van der Waals surface area contributed by atoms with Crippen LogP contribution in [0, 0.1) is 3.57 Å². The van der Waals surface area contributed by atoms with Crippen LogP contribution in [0.4, 0.5) is 0 Å². The second-order valence-electron chi connectivity index (χ2n) is 3.03. The maximum Gasteiger partial charge on any atom is 0.264 e. The lowest BCUT2D eigenvalue weighted by molar-refractivity contribution is 1.11. The van der Waals surface area contributed by atoms with Gasteiger partial charge in [0.2, 0.25) is 0 Å². The first-order chi connectivity index (χ1) is 7.58. The summed E-state index contributed by atoms with van der Waals surface area (Å²) in [5.74, 6) is 0.475. The Morgan fingerprint density at radius 2 is 2.19 bits per heavy atom. The van der Waals surface area contributed by atoms with Crippen molar-refractivity contribution in [3.63, 3.8) is 0 Å². The topological polar surface area (TPSA) is 45.8 Å². The van der Waals surface area contributed by atoms with Gasteiger partial charge in [0.15, 0.2) is 0 Å². The molecule has 0 atom stereocenters. The summed E-state index contributed by atoms with van der Waals surface area (Å²) in [5.41, 5.74) is 0.544. The van der Waals surface area contributed by atoms with Gasteiger partial charge in [-0.3, -0.25) is 4.79 Å². The Morgan fingerprint density at radius 3 is 2.81 bits per heavy atom. The van der Waals surface area contributed by atoms with Crippen molar-refractivity contribution in [2.45, 2.75) is 0 Å². The second-order valence-corrected chi connectivity index (χ2v) is 5.52. The summed E-state index contributed by atoms with van der Waals surface area (Å²) in [7, 11) is 0. The Hall–Kier alpha value is -0.400. The van der Waals surface area contributed by atoms with E-state index in [2.05, 4.69) is 25.9 Å². The highest BCUT2D eigenvalue weighted by molar-refractivity contribution is 14.1. The van der Waals surface area contributed by atoms with Gasteiger partial charge >= 0.3 is 0 Å². The van der Waals surface area contributed by atoms with Crippen molar-refractivity contribution in [3.05, 3.63) is 47.8 Å². The van der Waals surface area contributed by atoms with E-state index in [-0.39, 0.29) is 5.56 Å². The SMILES string of the molecule is O=c1[nH]c(-c2ccc(Br)cc2Cl)ncc1I. The van der Waals surface area contributed by atoms with Gasteiger partial charge in [0.05, 0.1) is 8.59 Å². The van der Waals surface area contributed by atoms with E-state index >= 15 is 0 Å². The van der Waals surface area contributed by atoms with Crippen LogP contribution < -0.4 is 5.56 Å². The Bertz CT molecular complexity index is 600. The number of hydrogen-bond acceptors (Lipinski definition) is 2. The van der Waals surface area contributed by atoms with Gasteiger partial charge in [-0.15, -0.1) is 0 Å². The van der Waals surface area contributed by atoms with Crippen LogP contribution in [0.2, 0.25) is 5.02 Å². The smallest absolute Gasteiger partial charge is 0.264 e. The average molecular weight is 411 g/mol. The molecular weight excluding hydrogens is 406 g/mol. The Labute approximate surface area is 119 Å². The summed E-state index contributed by atoms with van der Waals surface area (Å²) >= 11 is 11.3. The molecule has 1 heterocycles. The van der Waals surface area contributed by atoms with Crippen molar-refractivity contribution in [2.24, 2.45) is 0 Å². The van der Waals surface area contributed by atoms with Gasteiger partial charge < -0.3 is 4.98 Å². The standard InChI is InChI=1S/C10H5BrClIN2O/c11-5-1-2-6(7(12)3-5)9-14-4-8(13)10(16)15-9/h1-4H,(H,14,15,16). The lowest BCUT2D eigenvalue weighted by Crippen LogP contribution is -2.11. The highest BCUT2D eigenvalue weighted by Gasteiger charge is 2.07. The fraction of sp³-hybridized carbons (Fsp3) is 0. The molecule has 6 heteroatoms. The van der Waals surface area contributed by atoms with E-state index in [0.29, 0.717) is 20.0 Å². The van der Waals surface area contributed by atoms with Gasteiger partial charge in [0.1, 0.15) is 5.82 Å². The van der Waals surface area contributed by atoms with Gasteiger partial charge in [-0.2, -0.15) is 0 Å². The minimum absolute atomic E-state index is 0.162. The first-order valence-electron chi connectivity index (χ1n) is 4.28. The summed E-state index contributed by atoms with van der Waals surface area (Å²) in [5, 5.41) is 0.540. The minimum Gasteiger partial charge on any atom is -0.306 e. The molecule has 0 spiro atoms. The van der Waals surface area contributed by atoms with Gasteiger partial charge in [-0.05, 0) is 40.8 Å².